The van der Waals surface area contributed by atoms with Gasteiger partial charge in [0.05, 0.1) is 5.52 Å². The van der Waals surface area contributed by atoms with Crippen molar-refractivity contribution >= 4 is 38.6 Å². The first-order chi connectivity index (χ1) is 11.4. The third-order valence-electron chi connectivity index (χ3n) is 3.71. The zero-order valence-electron chi connectivity index (χ0n) is 12.8. The van der Waals surface area contributed by atoms with Crippen molar-refractivity contribution in [2.24, 2.45) is 7.05 Å². The number of anilines is 1. The standard InChI is InChI=1S/C17H14BrFN2O3/c1-21-14-6-5-12(9-15(14)24-17(21)23)20-16(22)7-3-10-2-4-11(18)8-13(10)19/h2,4-6,8-9H,3,7H2,1H3,(H,20,22). The van der Waals surface area contributed by atoms with Gasteiger partial charge in [0.25, 0.3) is 0 Å². The second kappa shape index (κ2) is 6.60. The van der Waals surface area contributed by atoms with Gasteiger partial charge in [0.2, 0.25) is 5.91 Å². The summed E-state index contributed by atoms with van der Waals surface area (Å²) < 4.78 is 20.9. The summed E-state index contributed by atoms with van der Waals surface area (Å²) in [6.07, 6.45) is 0.447. The van der Waals surface area contributed by atoms with Crippen LogP contribution in [-0.2, 0) is 18.3 Å². The molecular weight excluding hydrogens is 379 g/mol. The van der Waals surface area contributed by atoms with Gasteiger partial charge in [-0.25, -0.2) is 9.18 Å². The maximum atomic E-state index is 13.7. The summed E-state index contributed by atoms with van der Waals surface area (Å²) in [6, 6.07) is 9.74. The molecule has 0 radical (unpaired) electrons. The van der Waals surface area contributed by atoms with Gasteiger partial charge in [0.15, 0.2) is 5.58 Å². The predicted molar refractivity (Wildman–Crippen MR) is 92.5 cm³/mol. The number of aromatic nitrogens is 1. The molecule has 124 valence electrons. The molecule has 3 rings (SSSR count). The number of benzene rings is 2. The van der Waals surface area contributed by atoms with Crippen LogP contribution in [0.3, 0.4) is 0 Å². The maximum Gasteiger partial charge on any atom is 0.419 e. The summed E-state index contributed by atoms with van der Waals surface area (Å²) in [4.78, 5) is 23.5. The fraction of sp³-hybridized carbons (Fsp3) is 0.176. The molecule has 24 heavy (non-hydrogen) atoms. The molecule has 3 aromatic rings. The molecule has 0 spiro atoms. The Kier molecular flexibility index (Phi) is 4.53. The van der Waals surface area contributed by atoms with E-state index < -0.39 is 5.76 Å². The van der Waals surface area contributed by atoms with Gasteiger partial charge in [-0.2, -0.15) is 0 Å². The van der Waals surface area contributed by atoms with E-state index in [1.54, 1.807) is 37.4 Å². The predicted octanol–water partition coefficient (Wildman–Crippen LogP) is 3.60. The van der Waals surface area contributed by atoms with Gasteiger partial charge in [-0.1, -0.05) is 22.0 Å². The van der Waals surface area contributed by atoms with Crippen LogP contribution in [0, 0.1) is 5.82 Å². The molecule has 0 bridgehead atoms. The van der Waals surface area contributed by atoms with Gasteiger partial charge >= 0.3 is 5.76 Å². The van der Waals surface area contributed by atoms with Gasteiger partial charge in [-0.15, -0.1) is 0 Å². The van der Waals surface area contributed by atoms with Crippen molar-refractivity contribution in [2.45, 2.75) is 12.8 Å². The number of amides is 1. The number of hydrogen-bond donors (Lipinski definition) is 1. The molecule has 2 aromatic carbocycles. The highest BCUT2D eigenvalue weighted by atomic mass is 79.9. The Balaban J connectivity index is 1.67. The smallest absolute Gasteiger partial charge is 0.408 e. The van der Waals surface area contributed by atoms with Crippen LogP contribution < -0.4 is 11.1 Å². The van der Waals surface area contributed by atoms with Crippen molar-refractivity contribution in [3.63, 3.8) is 0 Å². The molecule has 5 nitrogen and oxygen atoms in total. The van der Waals surface area contributed by atoms with E-state index in [-0.39, 0.29) is 18.1 Å². The fourth-order valence-corrected chi connectivity index (χ4v) is 2.74. The van der Waals surface area contributed by atoms with Crippen LogP contribution >= 0.6 is 15.9 Å². The fourth-order valence-electron chi connectivity index (χ4n) is 2.41. The molecule has 1 amide bonds. The molecule has 0 aliphatic rings. The number of fused-ring (bicyclic) bond motifs is 1. The largest absolute Gasteiger partial charge is 0.419 e. The Morgan fingerprint density at radius 3 is 2.83 bits per heavy atom. The molecule has 0 saturated carbocycles. The van der Waals surface area contributed by atoms with E-state index in [0.717, 1.165) is 0 Å². The molecule has 1 aromatic heterocycles. The van der Waals surface area contributed by atoms with E-state index in [2.05, 4.69) is 21.2 Å². The highest BCUT2D eigenvalue weighted by Crippen LogP contribution is 2.19. The van der Waals surface area contributed by atoms with Gasteiger partial charge in [-0.05, 0) is 36.2 Å². The van der Waals surface area contributed by atoms with E-state index in [1.165, 1.54) is 10.6 Å². The van der Waals surface area contributed by atoms with Gasteiger partial charge < -0.3 is 9.73 Å². The lowest BCUT2D eigenvalue weighted by Gasteiger charge is -2.06. The Bertz CT molecular complexity index is 978. The first-order valence-corrected chi connectivity index (χ1v) is 8.07. The lowest BCUT2D eigenvalue weighted by molar-refractivity contribution is -0.116. The summed E-state index contributed by atoms with van der Waals surface area (Å²) in [5, 5.41) is 2.72. The normalized spacial score (nSPS) is 11.0. The molecular formula is C17H14BrFN2O3. The molecule has 0 aliphatic heterocycles. The topological polar surface area (TPSA) is 64.2 Å². The summed E-state index contributed by atoms with van der Waals surface area (Å²) in [5.74, 6) is -1.04. The number of hydrogen-bond acceptors (Lipinski definition) is 3. The Hall–Kier alpha value is -2.41. The second-order valence-electron chi connectivity index (χ2n) is 5.39. The molecule has 0 aliphatic carbocycles. The van der Waals surface area contributed by atoms with Gasteiger partial charge in [0, 0.05) is 29.7 Å². The van der Waals surface area contributed by atoms with Crippen LogP contribution in [0.2, 0.25) is 0 Å². The lowest BCUT2D eigenvalue weighted by atomic mass is 10.1. The van der Waals surface area contributed by atoms with Crippen molar-refractivity contribution in [2.75, 3.05) is 5.32 Å². The van der Waals surface area contributed by atoms with E-state index in [1.807, 2.05) is 0 Å². The summed E-state index contributed by atoms with van der Waals surface area (Å²) >= 11 is 3.19. The van der Waals surface area contributed by atoms with Crippen molar-refractivity contribution < 1.29 is 13.6 Å². The third-order valence-corrected chi connectivity index (χ3v) is 4.21. The number of nitrogens with one attached hydrogen (secondary N) is 1. The molecule has 1 heterocycles. The molecule has 0 unspecified atom stereocenters. The highest BCUT2D eigenvalue weighted by molar-refractivity contribution is 9.10. The molecule has 0 fully saturated rings. The number of carbonyl (C=O) groups is 1. The van der Waals surface area contributed by atoms with Gasteiger partial charge in [-0.3, -0.25) is 9.36 Å². The van der Waals surface area contributed by atoms with Crippen molar-refractivity contribution in [3.8, 4) is 0 Å². The van der Waals surface area contributed by atoms with Gasteiger partial charge in [0.1, 0.15) is 5.82 Å². The van der Waals surface area contributed by atoms with Crippen LogP contribution in [-0.4, -0.2) is 10.5 Å². The van der Waals surface area contributed by atoms with E-state index in [0.29, 0.717) is 33.2 Å². The minimum Gasteiger partial charge on any atom is -0.408 e. The van der Waals surface area contributed by atoms with Crippen molar-refractivity contribution in [3.05, 3.63) is 62.8 Å². The number of carbonyl (C=O) groups excluding carboxylic acids is 1. The first kappa shape index (κ1) is 16.4. The first-order valence-electron chi connectivity index (χ1n) is 7.27. The van der Waals surface area contributed by atoms with Crippen LogP contribution in [0.4, 0.5) is 10.1 Å². The average Bonchev–Trinajstić information content (AvgIpc) is 2.81. The summed E-state index contributed by atoms with van der Waals surface area (Å²) in [5.41, 5.74) is 2.06. The SMILES string of the molecule is Cn1c(=O)oc2cc(NC(=O)CCc3ccc(Br)cc3F)ccc21. The molecule has 1 N–H and O–H groups in total. The third kappa shape index (κ3) is 3.41. The number of halogens is 2. The highest BCUT2D eigenvalue weighted by Gasteiger charge is 2.10. The Labute approximate surface area is 145 Å². The maximum absolute atomic E-state index is 13.7. The average molecular weight is 393 g/mol. The minimum atomic E-state index is -0.459. The Morgan fingerprint density at radius 2 is 2.08 bits per heavy atom. The molecule has 0 atom stereocenters. The number of oxazole rings is 1. The quantitative estimate of drug-likeness (QED) is 0.737. The second-order valence-corrected chi connectivity index (χ2v) is 6.31. The van der Waals surface area contributed by atoms with E-state index in [4.69, 9.17) is 4.42 Å². The number of aryl methyl sites for hydroxylation is 2. The van der Waals surface area contributed by atoms with E-state index in [9.17, 15) is 14.0 Å². The van der Waals surface area contributed by atoms with Crippen molar-refractivity contribution in [1.29, 1.82) is 0 Å². The monoisotopic (exact) mass is 392 g/mol. The van der Waals surface area contributed by atoms with Crippen LogP contribution in [0.1, 0.15) is 12.0 Å². The Morgan fingerprint density at radius 1 is 1.29 bits per heavy atom. The lowest BCUT2D eigenvalue weighted by Crippen LogP contribution is -2.12. The summed E-state index contributed by atoms with van der Waals surface area (Å²) in [7, 11) is 1.61. The number of rotatable bonds is 4. The zero-order valence-corrected chi connectivity index (χ0v) is 14.4. The molecule has 0 saturated heterocycles. The van der Waals surface area contributed by atoms with Crippen LogP contribution in [0.5, 0.6) is 0 Å². The van der Waals surface area contributed by atoms with Crippen molar-refractivity contribution in [1.82, 2.24) is 4.57 Å². The minimum absolute atomic E-state index is 0.148. The zero-order chi connectivity index (χ0) is 17.3. The van der Waals surface area contributed by atoms with Crippen LogP contribution in [0.25, 0.3) is 11.1 Å². The van der Waals surface area contributed by atoms with E-state index >= 15 is 0 Å². The summed E-state index contributed by atoms with van der Waals surface area (Å²) in [6.45, 7) is 0. The van der Waals surface area contributed by atoms with Crippen LogP contribution in [0.15, 0.2) is 50.1 Å². The molecule has 7 heteroatoms. The number of nitrogens with zero attached hydrogens (tertiary/aromatic N) is 1.